The van der Waals surface area contributed by atoms with Gasteiger partial charge in [-0.25, -0.2) is 9.78 Å². The molecule has 40 heavy (non-hydrogen) atoms. The molecular formula is C30H31N3O6S. The van der Waals surface area contributed by atoms with Gasteiger partial charge in [-0.2, -0.15) is 0 Å². The number of aromatic nitrogens is 2. The minimum absolute atomic E-state index is 0.0422. The van der Waals surface area contributed by atoms with E-state index in [1.54, 1.807) is 30.9 Å². The Hall–Kier alpha value is -4.31. The zero-order chi connectivity index (χ0) is 28.6. The van der Waals surface area contributed by atoms with Gasteiger partial charge in [0.1, 0.15) is 0 Å². The summed E-state index contributed by atoms with van der Waals surface area (Å²) >= 11 is 1.16. The Balaban J connectivity index is 1.62. The molecule has 10 heteroatoms. The van der Waals surface area contributed by atoms with Crippen molar-refractivity contribution in [3.05, 3.63) is 87.7 Å². The van der Waals surface area contributed by atoms with Gasteiger partial charge >= 0.3 is 5.97 Å². The molecule has 0 aliphatic carbocycles. The number of amides is 1. The molecule has 208 valence electrons. The quantitative estimate of drug-likeness (QED) is 0.159. The SMILES string of the molecule is CCc1ccc(NC(=O)CSc2nc3cc(C(=O)OC)ccc3c(=O)n2CCc2ccc(OC)c(OC)c2)cc1. The average molecular weight is 562 g/mol. The van der Waals surface area contributed by atoms with Gasteiger partial charge in [-0.05, 0) is 66.4 Å². The molecule has 0 spiro atoms. The molecule has 0 saturated carbocycles. The number of fused-ring (bicyclic) bond motifs is 1. The predicted octanol–water partition coefficient (Wildman–Crippen LogP) is 4.74. The second-order valence-corrected chi connectivity index (χ2v) is 9.84. The smallest absolute Gasteiger partial charge is 0.337 e. The molecule has 3 aromatic carbocycles. The number of nitrogens with zero attached hydrogens (tertiary/aromatic N) is 2. The molecule has 9 nitrogen and oxygen atoms in total. The Bertz CT molecular complexity index is 1580. The summed E-state index contributed by atoms with van der Waals surface area (Å²) in [5, 5.41) is 3.62. The molecule has 1 aromatic heterocycles. The highest BCUT2D eigenvalue weighted by Gasteiger charge is 2.16. The summed E-state index contributed by atoms with van der Waals surface area (Å²) in [6, 6.07) is 17.9. The van der Waals surface area contributed by atoms with Gasteiger partial charge in [0.2, 0.25) is 5.91 Å². The Labute approximate surface area is 236 Å². The summed E-state index contributed by atoms with van der Waals surface area (Å²) in [6.07, 6.45) is 1.42. The summed E-state index contributed by atoms with van der Waals surface area (Å²) in [4.78, 5) is 43.1. The van der Waals surface area contributed by atoms with Crippen molar-refractivity contribution in [1.82, 2.24) is 9.55 Å². The number of carbonyl (C=O) groups excluding carboxylic acids is 2. The molecule has 4 rings (SSSR count). The molecule has 0 aliphatic rings. The number of ether oxygens (including phenoxy) is 3. The van der Waals surface area contributed by atoms with Crippen LogP contribution in [0.25, 0.3) is 10.9 Å². The van der Waals surface area contributed by atoms with E-state index >= 15 is 0 Å². The van der Waals surface area contributed by atoms with Gasteiger partial charge < -0.3 is 19.5 Å². The number of hydrogen-bond donors (Lipinski definition) is 1. The van der Waals surface area contributed by atoms with E-state index in [-0.39, 0.29) is 22.8 Å². The van der Waals surface area contributed by atoms with Crippen molar-refractivity contribution in [2.24, 2.45) is 0 Å². The normalized spacial score (nSPS) is 10.8. The lowest BCUT2D eigenvalue weighted by atomic mass is 10.1. The van der Waals surface area contributed by atoms with Crippen LogP contribution in [0, 0.1) is 0 Å². The third-order valence-corrected chi connectivity index (χ3v) is 7.37. The van der Waals surface area contributed by atoms with E-state index in [0.29, 0.717) is 46.2 Å². The molecule has 0 bridgehead atoms. The van der Waals surface area contributed by atoms with E-state index in [1.807, 2.05) is 42.5 Å². The average Bonchev–Trinajstić information content (AvgIpc) is 2.99. The number of methoxy groups -OCH3 is 3. The predicted molar refractivity (Wildman–Crippen MR) is 156 cm³/mol. The van der Waals surface area contributed by atoms with Crippen LogP contribution in [0.1, 0.15) is 28.4 Å². The fourth-order valence-electron chi connectivity index (χ4n) is 4.18. The van der Waals surface area contributed by atoms with Crippen molar-refractivity contribution in [3.8, 4) is 11.5 Å². The number of anilines is 1. The summed E-state index contributed by atoms with van der Waals surface area (Å²) in [7, 11) is 4.44. The Morgan fingerprint density at radius 2 is 1.65 bits per heavy atom. The molecule has 0 aliphatic heterocycles. The molecule has 1 N–H and O–H groups in total. The van der Waals surface area contributed by atoms with Crippen molar-refractivity contribution in [2.45, 2.75) is 31.5 Å². The third-order valence-electron chi connectivity index (χ3n) is 6.39. The van der Waals surface area contributed by atoms with Gasteiger partial charge in [0.25, 0.3) is 5.56 Å². The Morgan fingerprint density at radius 3 is 2.33 bits per heavy atom. The maximum atomic E-state index is 13.6. The Morgan fingerprint density at radius 1 is 0.925 bits per heavy atom. The first-order valence-electron chi connectivity index (χ1n) is 12.7. The summed E-state index contributed by atoms with van der Waals surface area (Å²) < 4.78 is 17.1. The number of benzene rings is 3. The fourth-order valence-corrected chi connectivity index (χ4v) is 5.01. The zero-order valence-corrected chi connectivity index (χ0v) is 23.7. The maximum absolute atomic E-state index is 13.6. The molecule has 0 atom stereocenters. The number of nitrogens with one attached hydrogen (secondary N) is 1. The first-order valence-corrected chi connectivity index (χ1v) is 13.7. The van der Waals surface area contributed by atoms with E-state index in [4.69, 9.17) is 14.2 Å². The molecule has 1 amide bonds. The van der Waals surface area contributed by atoms with Gasteiger partial charge in [0.15, 0.2) is 16.7 Å². The van der Waals surface area contributed by atoms with Gasteiger partial charge in [-0.15, -0.1) is 0 Å². The van der Waals surface area contributed by atoms with Crippen LogP contribution in [-0.4, -0.2) is 48.5 Å². The first-order chi connectivity index (χ1) is 19.4. The molecule has 0 unspecified atom stereocenters. The standard InChI is InChI=1S/C30H31N3O6S/c1-5-19-6-10-22(11-7-19)31-27(34)18-40-30-32-24-17-21(29(36)39-4)9-12-23(24)28(35)33(30)15-14-20-8-13-25(37-2)26(16-20)38-3/h6-13,16-17H,5,14-15,18H2,1-4H3,(H,31,34). The minimum Gasteiger partial charge on any atom is -0.493 e. The number of thioether (sulfide) groups is 1. The van der Waals surface area contributed by atoms with Gasteiger partial charge in [0, 0.05) is 12.2 Å². The lowest BCUT2D eigenvalue weighted by molar-refractivity contribution is -0.113. The van der Waals surface area contributed by atoms with Crippen molar-refractivity contribution < 1.29 is 23.8 Å². The monoisotopic (exact) mass is 561 g/mol. The molecule has 0 radical (unpaired) electrons. The fraction of sp³-hybridized carbons (Fsp3) is 0.267. The highest BCUT2D eigenvalue weighted by molar-refractivity contribution is 7.99. The van der Waals surface area contributed by atoms with E-state index in [0.717, 1.165) is 23.7 Å². The highest BCUT2D eigenvalue weighted by Crippen LogP contribution is 2.28. The van der Waals surface area contributed by atoms with Crippen LogP contribution in [0.5, 0.6) is 11.5 Å². The zero-order valence-electron chi connectivity index (χ0n) is 22.9. The highest BCUT2D eigenvalue weighted by atomic mass is 32.2. The van der Waals surface area contributed by atoms with Crippen molar-refractivity contribution >= 4 is 40.2 Å². The number of esters is 1. The number of carbonyl (C=O) groups is 2. The van der Waals surface area contributed by atoms with Crippen LogP contribution in [0.4, 0.5) is 5.69 Å². The topological polar surface area (TPSA) is 109 Å². The molecular weight excluding hydrogens is 530 g/mol. The van der Waals surface area contributed by atoms with Gasteiger partial charge in [-0.3, -0.25) is 14.2 Å². The number of aryl methyl sites for hydroxylation is 2. The molecule has 0 saturated heterocycles. The van der Waals surface area contributed by atoms with E-state index in [1.165, 1.54) is 18.7 Å². The number of hydrogen-bond acceptors (Lipinski definition) is 8. The third kappa shape index (κ3) is 6.63. The van der Waals surface area contributed by atoms with Gasteiger partial charge in [-0.1, -0.05) is 36.9 Å². The Kier molecular flexibility index (Phi) is 9.44. The maximum Gasteiger partial charge on any atom is 0.337 e. The molecule has 1 heterocycles. The minimum atomic E-state index is -0.524. The van der Waals surface area contributed by atoms with Crippen LogP contribution < -0.4 is 20.3 Å². The van der Waals surface area contributed by atoms with Crippen LogP contribution in [0.2, 0.25) is 0 Å². The largest absolute Gasteiger partial charge is 0.493 e. The van der Waals surface area contributed by atoms with Crippen molar-refractivity contribution in [2.75, 3.05) is 32.4 Å². The first kappa shape index (κ1) is 28.7. The van der Waals surface area contributed by atoms with Crippen molar-refractivity contribution in [1.29, 1.82) is 0 Å². The van der Waals surface area contributed by atoms with Crippen LogP contribution >= 0.6 is 11.8 Å². The second-order valence-electron chi connectivity index (χ2n) is 8.90. The number of rotatable bonds is 11. The van der Waals surface area contributed by atoms with Crippen LogP contribution in [-0.2, 0) is 28.9 Å². The summed E-state index contributed by atoms with van der Waals surface area (Å²) in [6.45, 7) is 2.39. The summed E-state index contributed by atoms with van der Waals surface area (Å²) in [5.74, 6) is 0.504. The second kappa shape index (κ2) is 13.2. The van der Waals surface area contributed by atoms with Crippen LogP contribution in [0.3, 0.4) is 0 Å². The van der Waals surface area contributed by atoms with Crippen molar-refractivity contribution in [3.63, 3.8) is 0 Å². The molecule has 0 fully saturated rings. The van der Waals surface area contributed by atoms with Gasteiger partial charge in [0.05, 0.1) is 43.5 Å². The lowest BCUT2D eigenvalue weighted by Gasteiger charge is -2.14. The summed E-state index contributed by atoms with van der Waals surface area (Å²) in [5.41, 5.74) is 3.19. The molecule has 4 aromatic rings. The lowest BCUT2D eigenvalue weighted by Crippen LogP contribution is -2.25. The van der Waals surface area contributed by atoms with E-state index < -0.39 is 5.97 Å². The van der Waals surface area contributed by atoms with E-state index in [2.05, 4.69) is 17.2 Å². The van der Waals surface area contributed by atoms with Crippen LogP contribution in [0.15, 0.2) is 70.6 Å². The van der Waals surface area contributed by atoms with E-state index in [9.17, 15) is 14.4 Å².